The van der Waals surface area contributed by atoms with Crippen molar-refractivity contribution in [3.63, 3.8) is 0 Å². The summed E-state index contributed by atoms with van der Waals surface area (Å²) in [6.07, 6.45) is 8.29. The number of nitrogens with one attached hydrogen (secondary N) is 2. The number of guanidine groups is 1. The number of aromatic nitrogens is 3. The average Bonchev–Trinajstić information content (AvgIpc) is 2.81. The number of rotatable bonds is 4. The number of aliphatic hydroxyl groups excluding tert-OH is 1. The van der Waals surface area contributed by atoms with Gasteiger partial charge in [0.05, 0.1) is 6.10 Å². The van der Waals surface area contributed by atoms with Gasteiger partial charge in [-0.1, -0.05) is 6.42 Å². The van der Waals surface area contributed by atoms with Crippen LogP contribution in [0.25, 0.3) is 0 Å². The SMILES string of the molecule is CCNC(=NCc1nnc2n1CCCCC2)NC1CCC(O)CC1.I. The third kappa shape index (κ3) is 5.80. The monoisotopic (exact) mass is 462 g/mol. The van der Waals surface area contributed by atoms with Gasteiger partial charge in [0.1, 0.15) is 12.4 Å². The van der Waals surface area contributed by atoms with E-state index < -0.39 is 0 Å². The second-order valence-electron chi connectivity index (χ2n) is 6.84. The molecule has 3 N–H and O–H groups in total. The molecule has 25 heavy (non-hydrogen) atoms. The van der Waals surface area contributed by atoms with Gasteiger partial charge in [-0.05, 0) is 45.4 Å². The molecule has 0 spiro atoms. The van der Waals surface area contributed by atoms with Gasteiger partial charge in [0, 0.05) is 25.6 Å². The highest BCUT2D eigenvalue weighted by molar-refractivity contribution is 14.0. The first-order valence-electron chi connectivity index (χ1n) is 9.40. The molecule has 1 aliphatic heterocycles. The van der Waals surface area contributed by atoms with Crippen molar-refractivity contribution in [2.24, 2.45) is 4.99 Å². The molecule has 8 heteroatoms. The molecule has 1 aliphatic carbocycles. The van der Waals surface area contributed by atoms with Crippen LogP contribution in [-0.2, 0) is 19.5 Å². The smallest absolute Gasteiger partial charge is 0.191 e. The molecule has 0 atom stereocenters. The summed E-state index contributed by atoms with van der Waals surface area (Å²) in [5.74, 6) is 2.91. The minimum atomic E-state index is -0.131. The van der Waals surface area contributed by atoms with Crippen LogP contribution in [0.1, 0.15) is 63.5 Å². The van der Waals surface area contributed by atoms with E-state index in [0.29, 0.717) is 12.6 Å². The lowest BCUT2D eigenvalue weighted by Gasteiger charge is -2.27. The standard InChI is InChI=1S/C17H30N6O.HI/c1-2-18-17(20-13-7-9-14(24)10-8-13)19-12-16-22-21-15-6-4-3-5-11-23(15)16;/h13-14,24H,2-12H2,1H3,(H2,18,19,20);1H. The molecule has 1 aromatic rings. The van der Waals surface area contributed by atoms with E-state index in [9.17, 15) is 5.11 Å². The van der Waals surface area contributed by atoms with Crippen LogP contribution in [0.4, 0.5) is 0 Å². The fourth-order valence-corrected chi connectivity index (χ4v) is 3.55. The maximum absolute atomic E-state index is 9.64. The molecule has 0 bridgehead atoms. The van der Waals surface area contributed by atoms with Crippen molar-refractivity contribution in [3.05, 3.63) is 11.6 Å². The predicted molar refractivity (Wildman–Crippen MR) is 109 cm³/mol. The maximum atomic E-state index is 9.64. The van der Waals surface area contributed by atoms with E-state index in [1.807, 2.05) is 0 Å². The van der Waals surface area contributed by atoms with Gasteiger partial charge in [-0.15, -0.1) is 34.2 Å². The van der Waals surface area contributed by atoms with Crippen LogP contribution in [0.15, 0.2) is 4.99 Å². The van der Waals surface area contributed by atoms with Gasteiger partial charge in [0.2, 0.25) is 0 Å². The summed E-state index contributed by atoms with van der Waals surface area (Å²) in [7, 11) is 0. The van der Waals surface area contributed by atoms with Crippen molar-refractivity contribution >= 4 is 29.9 Å². The molecule has 0 aromatic carbocycles. The van der Waals surface area contributed by atoms with E-state index in [1.54, 1.807) is 0 Å². The number of hydrogen-bond acceptors (Lipinski definition) is 4. The quantitative estimate of drug-likeness (QED) is 0.362. The second kappa shape index (κ2) is 10.3. The van der Waals surface area contributed by atoms with Gasteiger partial charge in [0.15, 0.2) is 11.8 Å². The number of hydrogen-bond donors (Lipinski definition) is 3. The summed E-state index contributed by atoms with van der Waals surface area (Å²) in [5, 5.41) is 25.1. The van der Waals surface area contributed by atoms with Crippen molar-refractivity contribution in [1.29, 1.82) is 0 Å². The summed E-state index contributed by atoms with van der Waals surface area (Å²) in [6.45, 7) is 4.47. The van der Waals surface area contributed by atoms with E-state index in [4.69, 9.17) is 4.99 Å². The van der Waals surface area contributed by atoms with Gasteiger partial charge in [-0.2, -0.15) is 0 Å². The van der Waals surface area contributed by atoms with Crippen molar-refractivity contribution in [3.8, 4) is 0 Å². The second-order valence-corrected chi connectivity index (χ2v) is 6.84. The fourth-order valence-electron chi connectivity index (χ4n) is 3.55. The molecule has 3 rings (SSSR count). The molecular formula is C17H31IN6O. The largest absolute Gasteiger partial charge is 0.393 e. The fraction of sp³-hybridized carbons (Fsp3) is 0.824. The Morgan fingerprint density at radius 3 is 2.76 bits per heavy atom. The van der Waals surface area contributed by atoms with E-state index in [-0.39, 0.29) is 30.1 Å². The summed E-state index contributed by atoms with van der Waals surface area (Å²) >= 11 is 0. The first kappa shape index (κ1) is 20.4. The van der Waals surface area contributed by atoms with Crippen LogP contribution in [0, 0.1) is 0 Å². The Bertz CT molecular complexity index is 553. The third-order valence-electron chi connectivity index (χ3n) is 4.95. The minimum Gasteiger partial charge on any atom is -0.393 e. The highest BCUT2D eigenvalue weighted by Crippen LogP contribution is 2.18. The topological polar surface area (TPSA) is 87.4 Å². The maximum Gasteiger partial charge on any atom is 0.191 e. The van der Waals surface area contributed by atoms with Gasteiger partial charge < -0.3 is 20.3 Å². The number of aryl methyl sites for hydroxylation is 1. The van der Waals surface area contributed by atoms with E-state index in [0.717, 1.165) is 62.8 Å². The van der Waals surface area contributed by atoms with Crippen LogP contribution < -0.4 is 10.6 Å². The Hall–Kier alpha value is -0.900. The number of halogens is 1. The Kier molecular flexibility index (Phi) is 8.41. The molecule has 0 saturated heterocycles. The molecule has 1 fully saturated rings. The van der Waals surface area contributed by atoms with E-state index in [2.05, 4.69) is 32.3 Å². The van der Waals surface area contributed by atoms with Crippen molar-refractivity contribution in [1.82, 2.24) is 25.4 Å². The van der Waals surface area contributed by atoms with Gasteiger partial charge in [-0.25, -0.2) is 4.99 Å². The van der Waals surface area contributed by atoms with Gasteiger partial charge >= 0.3 is 0 Å². The van der Waals surface area contributed by atoms with Crippen LogP contribution >= 0.6 is 24.0 Å². The summed E-state index contributed by atoms with van der Waals surface area (Å²) in [5.41, 5.74) is 0. The lowest BCUT2D eigenvalue weighted by molar-refractivity contribution is 0.120. The molecular weight excluding hydrogens is 431 g/mol. The predicted octanol–water partition coefficient (Wildman–Crippen LogP) is 1.98. The van der Waals surface area contributed by atoms with Crippen LogP contribution in [0.2, 0.25) is 0 Å². The van der Waals surface area contributed by atoms with E-state index in [1.165, 1.54) is 19.3 Å². The highest BCUT2D eigenvalue weighted by atomic mass is 127. The molecule has 7 nitrogen and oxygen atoms in total. The van der Waals surface area contributed by atoms with Crippen LogP contribution in [0.3, 0.4) is 0 Å². The minimum absolute atomic E-state index is 0. The average molecular weight is 462 g/mol. The Morgan fingerprint density at radius 1 is 1.20 bits per heavy atom. The number of aliphatic imine (C=N–C) groups is 1. The summed E-state index contributed by atoms with van der Waals surface area (Å²) < 4.78 is 2.25. The Morgan fingerprint density at radius 2 is 2.00 bits per heavy atom. The molecule has 0 unspecified atom stereocenters. The zero-order valence-corrected chi connectivity index (χ0v) is 17.4. The number of aliphatic hydroxyl groups is 1. The zero-order valence-electron chi connectivity index (χ0n) is 15.1. The first-order chi connectivity index (χ1) is 11.8. The lowest BCUT2D eigenvalue weighted by atomic mass is 9.93. The number of fused-ring (bicyclic) bond motifs is 1. The normalized spacial score (nSPS) is 24.0. The van der Waals surface area contributed by atoms with Crippen molar-refractivity contribution in [2.75, 3.05) is 6.54 Å². The molecule has 142 valence electrons. The molecule has 1 saturated carbocycles. The number of nitrogens with zero attached hydrogens (tertiary/aromatic N) is 4. The van der Waals surface area contributed by atoms with Crippen molar-refractivity contribution in [2.45, 2.75) is 83.5 Å². The molecule has 2 aliphatic rings. The van der Waals surface area contributed by atoms with Gasteiger partial charge in [0.25, 0.3) is 0 Å². The van der Waals surface area contributed by atoms with Crippen LogP contribution in [-0.4, -0.2) is 44.5 Å². The molecule has 0 radical (unpaired) electrons. The molecule has 1 aromatic heterocycles. The van der Waals surface area contributed by atoms with Crippen molar-refractivity contribution < 1.29 is 5.11 Å². The Balaban J connectivity index is 0.00000225. The molecule has 0 amide bonds. The highest BCUT2D eigenvalue weighted by Gasteiger charge is 2.20. The first-order valence-corrected chi connectivity index (χ1v) is 9.40. The van der Waals surface area contributed by atoms with Gasteiger partial charge in [-0.3, -0.25) is 0 Å². The third-order valence-corrected chi connectivity index (χ3v) is 4.95. The van der Waals surface area contributed by atoms with E-state index >= 15 is 0 Å². The molecule has 2 heterocycles. The lowest BCUT2D eigenvalue weighted by Crippen LogP contribution is -2.45. The summed E-state index contributed by atoms with van der Waals surface area (Å²) in [6, 6.07) is 0.390. The Labute approximate surface area is 167 Å². The van der Waals surface area contributed by atoms with Crippen LogP contribution in [0.5, 0.6) is 0 Å². The zero-order chi connectivity index (χ0) is 16.8. The summed E-state index contributed by atoms with van der Waals surface area (Å²) in [4.78, 5) is 4.72.